The number of aromatic nitrogens is 3. The van der Waals surface area contributed by atoms with Crippen molar-refractivity contribution in [3.63, 3.8) is 0 Å². The molecule has 0 fully saturated rings. The van der Waals surface area contributed by atoms with Crippen LogP contribution in [0.5, 0.6) is 0 Å². The Morgan fingerprint density at radius 3 is 2.65 bits per heavy atom. The van der Waals surface area contributed by atoms with Crippen molar-refractivity contribution in [2.45, 2.75) is 6.92 Å². The van der Waals surface area contributed by atoms with E-state index in [1.54, 1.807) is 19.2 Å². The number of hydrogen-bond acceptors (Lipinski definition) is 5. The number of fused-ring (bicyclic) bond motifs is 1. The zero-order valence-electron chi connectivity index (χ0n) is 8.95. The van der Waals surface area contributed by atoms with Crippen LogP contribution < -0.4 is 0 Å². The summed E-state index contributed by atoms with van der Waals surface area (Å²) in [5, 5.41) is 7.30. The van der Waals surface area contributed by atoms with Crippen LogP contribution in [0.3, 0.4) is 0 Å². The predicted molar refractivity (Wildman–Crippen MR) is 58.8 cm³/mol. The van der Waals surface area contributed by atoms with Crippen LogP contribution in [0.25, 0.3) is 11.4 Å². The molecular weight excluding hydrogens is 218 g/mol. The molecule has 0 saturated carbocycles. The smallest absolute Gasteiger partial charge is 0.263 e. The Morgan fingerprint density at radius 2 is 1.88 bits per heavy atom. The lowest BCUT2D eigenvalue weighted by Gasteiger charge is -2.03. The SMILES string of the molecule is Cc1nc2c(c(-c3ccccn3)n1)N=NC2=O. The third-order valence-corrected chi connectivity index (χ3v) is 2.35. The minimum absolute atomic E-state index is 0.248. The molecule has 2 aromatic rings. The molecule has 0 bridgehead atoms. The number of carbonyl (C=O) groups excluding carboxylic acids is 1. The molecule has 82 valence electrons. The average molecular weight is 225 g/mol. The van der Waals surface area contributed by atoms with Crippen LogP contribution in [0.2, 0.25) is 0 Å². The summed E-state index contributed by atoms with van der Waals surface area (Å²) in [6.45, 7) is 1.72. The van der Waals surface area contributed by atoms with Gasteiger partial charge in [-0.2, -0.15) is 0 Å². The zero-order chi connectivity index (χ0) is 11.8. The summed E-state index contributed by atoms with van der Waals surface area (Å²) in [5.41, 5.74) is 1.85. The molecule has 0 aromatic carbocycles. The second-order valence-corrected chi connectivity index (χ2v) is 3.54. The van der Waals surface area contributed by atoms with Crippen molar-refractivity contribution in [3.05, 3.63) is 35.9 Å². The molecule has 0 saturated heterocycles. The number of pyridine rings is 1. The maximum atomic E-state index is 11.4. The van der Waals surface area contributed by atoms with Crippen molar-refractivity contribution in [3.8, 4) is 11.4 Å². The van der Waals surface area contributed by atoms with E-state index in [0.29, 0.717) is 22.9 Å². The summed E-state index contributed by atoms with van der Waals surface area (Å²) in [6, 6.07) is 5.46. The summed E-state index contributed by atoms with van der Waals surface area (Å²) < 4.78 is 0. The summed E-state index contributed by atoms with van der Waals surface area (Å²) in [6.07, 6.45) is 1.66. The highest BCUT2D eigenvalue weighted by Crippen LogP contribution is 2.33. The van der Waals surface area contributed by atoms with Gasteiger partial charge in [0.1, 0.15) is 17.2 Å². The molecule has 1 aliphatic heterocycles. The highest BCUT2D eigenvalue weighted by atomic mass is 16.2. The Morgan fingerprint density at radius 1 is 1.06 bits per heavy atom. The van der Waals surface area contributed by atoms with E-state index >= 15 is 0 Å². The van der Waals surface area contributed by atoms with Gasteiger partial charge in [-0.25, -0.2) is 9.97 Å². The molecule has 0 unspecified atom stereocenters. The fraction of sp³-hybridized carbons (Fsp3) is 0.0909. The highest BCUT2D eigenvalue weighted by molar-refractivity contribution is 6.02. The maximum Gasteiger partial charge on any atom is 0.316 e. The molecule has 3 heterocycles. The Balaban J connectivity index is 2.28. The molecule has 6 nitrogen and oxygen atoms in total. The van der Waals surface area contributed by atoms with Crippen LogP contribution in [0.15, 0.2) is 34.6 Å². The molecule has 1 aliphatic rings. The van der Waals surface area contributed by atoms with Gasteiger partial charge in [-0.3, -0.25) is 9.78 Å². The predicted octanol–water partition coefficient (Wildman–Crippen LogP) is 2.08. The summed E-state index contributed by atoms with van der Waals surface area (Å²) in [5.74, 6) is 0.0766. The van der Waals surface area contributed by atoms with Crippen molar-refractivity contribution >= 4 is 11.6 Å². The minimum atomic E-state index is -0.428. The standard InChI is InChI=1S/C11H7N5O/c1-6-13-8(7-4-2-3-5-12-7)9-10(14-6)11(17)16-15-9/h2-5H,1H3. The summed E-state index contributed by atoms with van der Waals surface area (Å²) in [4.78, 5) is 23.9. The molecule has 0 spiro atoms. The van der Waals surface area contributed by atoms with E-state index in [1.807, 2.05) is 12.1 Å². The molecule has 0 atom stereocenters. The first-order valence-corrected chi connectivity index (χ1v) is 5.02. The Kier molecular flexibility index (Phi) is 2.01. The lowest BCUT2D eigenvalue weighted by Crippen LogP contribution is -2.01. The number of amides is 1. The van der Waals surface area contributed by atoms with Gasteiger partial charge < -0.3 is 0 Å². The van der Waals surface area contributed by atoms with E-state index in [2.05, 4.69) is 25.2 Å². The Hall–Kier alpha value is -2.50. The number of rotatable bonds is 1. The van der Waals surface area contributed by atoms with E-state index in [1.165, 1.54) is 0 Å². The normalized spacial score (nSPS) is 12.9. The summed E-state index contributed by atoms with van der Waals surface area (Å²) >= 11 is 0. The third-order valence-electron chi connectivity index (χ3n) is 2.35. The van der Waals surface area contributed by atoms with E-state index in [4.69, 9.17) is 0 Å². The quantitative estimate of drug-likeness (QED) is 0.744. The Labute approximate surface area is 96.5 Å². The fourth-order valence-electron chi connectivity index (χ4n) is 1.63. The molecule has 1 amide bonds. The van der Waals surface area contributed by atoms with E-state index in [9.17, 15) is 4.79 Å². The van der Waals surface area contributed by atoms with Crippen LogP contribution in [0.4, 0.5) is 5.69 Å². The molecule has 2 aromatic heterocycles. The van der Waals surface area contributed by atoms with Gasteiger partial charge in [0.05, 0.1) is 5.69 Å². The number of hydrogen-bond donors (Lipinski definition) is 0. The zero-order valence-corrected chi connectivity index (χ0v) is 8.95. The van der Waals surface area contributed by atoms with Gasteiger partial charge in [0.25, 0.3) is 0 Å². The first kappa shape index (κ1) is 9.71. The van der Waals surface area contributed by atoms with Crippen LogP contribution in [-0.2, 0) is 0 Å². The second kappa shape index (κ2) is 3.51. The second-order valence-electron chi connectivity index (χ2n) is 3.54. The highest BCUT2D eigenvalue weighted by Gasteiger charge is 2.25. The van der Waals surface area contributed by atoms with Crippen molar-refractivity contribution in [1.29, 1.82) is 0 Å². The molecule has 3 rings (SSSR count). The van der Waals surface area contributed by atoms with Crippen LogP contribution in [0.1, 0.15) is 16.3 Å². The van der Waals surface area contributed by atoms with Gasteiger partial charge in [0.15, 0.2) is 5.69 Å². The summed E-state index contributed by atoms with van der Waals surface area (Å²) in [7, 11) is 0. The molecule has 0 radical (unpaired) electrons. The van der Waals surface area contributed by atoms with Gasteiger partial charge in [-0.05, 0) is 19.1 Å². The van der Waals surface area contributed by atoms with Crippen molar-refractivity contribution < 1.29 is 4.79 Å². The number of azo groups is 1. The van der Waals surface area contributed by atoms with Gasteiger partial charge in [-0.15, -0.1) is 10.2 Å². The van der Waals surface area contributed by atoms with Gasteiger partial charge in [0, 0.05) is 6.20 Å². The lowest BCUT2D eigenvalue weighted by atomic mass is 10.2. The van der Waals surface area contributed by atoms with E-state index < -0.39 is 5.91 Å². The molecular formula is C11H7N5O. The van der Waals surface area contributed by atoms with Crippen LogP contribution >= 0.6 is 0 Å². The largest absolute Gasteiger partial charge is 0.316 e. The number of nitrogens with zero attached hydrogens (tertiary/aromatic N) is 5. The van der Waals surface area contributed by atoms with Crippen LogP contribution in [-0.4, -0.2) is 20.9 Å². The maximum absolute atomic E-state index is 11.4. The van der Waals surface area contributed by atoms with Gasteiger partial charge >= 0.3 is 5.91 Å². The minimum Gasteiger partial charge on any atom is -0.263 e. The number of carbonyl (C=O) groups is 1. The molecule has 17 heavy (non-hydrogen) atoms. The topological polar surface area (TPSA) is 80.5 Å². The average Bonchev–Trinajstić information content (AvgIpc) is 2.72. The monoisotopic (exact) mass is 225 g/mol. The number of aryl methyl sites for hydroxylation is 1. The van der Waals surface area contributed by atoms with Crippen molar-refractivity contribution in [2.24, 2.45) is 10.2 Å². The first-order valence-electron chi connectivity index (χ1n) is 5.02. The first-order chi connectivity index (χ1) is 8.25. The van der Waals surface area contributed by atoms with Gasteiger partial charge in [-0.1, -0.05) is 6.07 Å². The van der Waals surface area contributed by atoms with Crippen LogP contribution in [0, 0.1) is 6.92 Å². The molecule has 0 N–H and O–H groups in total. The van der Waals surface area contributed by atoms with Crippen molar-refractivity contribution in [2.75, 3.05) is 0 Å². The van der Waals surface area contributed by atoms with Gasteiger partial charge in [0.2, 0.25) is 0 Å². The fourth-order valence-corrected chi connectivity index (χ4v) is 1.63. The Bertz CT molecular complexity index is 636. The van der Waals surface area contributed by atoms with E-state index in [0.717, 1.165) is 0 Å². The molecule has 0 aliphatic carbocycles. The van der Waals surface area contributed by atoms with E-state index in [-0.39, 0.29) is 5.69 Å². The third kappa shape index (κ3) is 1.50. The molecule has 6 heteroatoms. The lowest BCUT2D eigenvalue weighted by molar-refractivity contribution is 0.0998. The van der Waals surface area contributed by atoms with Crippen molar-refractivity contribution in [1.82, 2.24) is 15.0 Å².